The number of amides is 1. The fraction of sp³-hybridized carbons (Fsp3) is 0.118. The number of benzene rings is 2. The second-order valence-electron chi connectivity index (χ2n) is 4.94. The zero-order valence-electron chi connectivity index (χ0n) is 13.0. The Morgan fingerprint density at radius 2 is 1.75 bits per heavy atom. The van der Waals surface area contributed by atoms with E-state index in [1.165, 1.54) is 23.1 Å². The second kappa shape index (κ2) is 7.94. The Balaban J connectivity index is 1.54. The lowest BCUT2D eigenvalue weighted by Crippen LogP contribution is -2.27. The van der Waals surface area contributed by atoms with Crippen LogP contribution in [0, 0.1) is 0 Å². The summed E-state index contributed by atoms with van der Waals surface area (Å²) in [6, 6.07) is 19.4. The molecule has 0 aliphatic rings. The Bertz CT molecular complexity index is 793. The third kappa shape index (κ3) is 4.33. The minimum Gasteiger partial charge on any atom is -0.330 e. The minimum atomic E-state index is 0.0268. The van der Waals surface area contributed by atoms with Gasteiger partial charge in [-0.1, -0.05) is 59.5 Å². The molecule has 0 saturated carbocycles. The van der Waals surface area contributed by atoms with Crippen LogP contribution in [0.4, 0.5) is 16.5 Å². The highest BCUT2D eigenvalue weighted by molar-refractivity contribution is 8.01. The Morgan fingerprint density at radius 1 is 1.08 bits per heavy atom. The molecule has 0 spiro atoms. The lowest BCUT2D eigenvalue weighted by atomic mass is 10.3. The molecule has 3 aromatic rings. The van der Waals surface area contributed by atoms with Crippen LogP contribution < -0.4 is 10.2 Å². The van der Waals surface area contributed by atoms with Crippen molar-refractivity contribution < 1.29 is 4.79 Å². The number of carbonyl (C=O) groups is 1. The van der Waals surface area contributed by atoms with Gasteiger partial charge in [0.1, 0.15) is 0 Å². The van der Waals surface area contributed by atoms with E-state index in [0.29, 0.717) is 10.9 Å². The van der Waals surface area contributed by atoms with Crippen LogP contribution in [-0.2, 0) is 4.79 Å². The largest absolute Gasteiger partial charge is 0.330 e. The van der Waals surface area contributed by atoms with Gasteiger partial charge in [-0.2, -0.15) is 0 Å². The summed E-state index contributed by atoms with van der Waals surface area (Å²) < 4.78 is 0.767. The molecular formula is C17H16N4OS2. The van der Waals surface area contributed by atoms with Gasteiger partial charge in [0.15, 0.2) is 4.34 Å². The molecule has 0 saturated heterocycles. The monoisotopic (exact) mass is 356 g/mol. The topological polar surface area (TPSA) is 58.1 Å². The molecule has 1 aromatic heterocycles. The van der Waals surface area contributed by atoms with Crippen LogP contribution >= 0.6 is 23.1 Å². The number of carbonyl (C=O) groups excluding carboxylic acids is 1. The molecule has 5 nitrogen and oxygen atoms in total. The number of para-hydroxylation sites is 2. The molecule has 2 aromatic carbocycles. The van der Waals surface area contributed by atoms with Crippen LogP contribution in [0.2, 0.25) is 0 Å². The third-order valence-electron chi connectivity index (χ3n) is 3.27. The van der Waals surface area contributed by atoms with Crippen molar-refractivity contribution in [2.75, 3.05) is 23.0 Å². The number of nitrogens with zero attached hydrogens (tertiary/aromatic N) is 3. The summed E-state index contributed by atoms with van der Waals surface area (Å²) in [7, 11) is 1.78. The van der Waals surface area contributed by atoms with E-state index < -0.39 is 0 Å². The summed E-state index contributed by atoms with van der Waals surface area (Å²) in [4.78, 5) is 13.9. The lowest BCUT2D eigenvalue weighted by molar-refractivity contribution is -0.115. The van der Waals surface area contributed by atoms with E-state index >= 15 is 0 Å². The maximum atomic E-state index is 12.3. The normalized spacial score (nSPS) is 10.4. The summed E-state index contributed by atoms with van der Waals surface area (Å²) in [6.45, 7) is 0. The van der Waals surface area contributed by atoms with Crippen molar-refractivity contribution >= 4 is 45.5 Å². The highest BCUT2D eigenvalue weighted by Crippen LogP contribution is 2.28. The Labute approximate surface area is 148 Å². The van der Waals surface area contributed by atoms with Crippen molar-refractivity contribution in [1.82, 2.24) is 10.2 Å². The first kappa shape index (κ1) is 16.5. The Hall–Kier alpha value is -2.38. The lowest BCUT2D eigenvalue weighted by Gasteiger charge is -2.16. The van der Waals surface area contributed by atoms with Crippen molar-refractivity contribution in [2.24, 2.45) is 0 Å². The highest BCUT2D eigenvalue weighted by atomic mass is 32.2. The maximum absolute atomic E-state index is 12.3. The Kier molecular flexibility index (Phi) is 5.45. The maximum Gasteiger partial charge on any atom is 0.237 e. The average Bonchev–Trinajstić information content (AvgIpc) is 3.08. The fourth-order valence-corrected chi connectivity index (χ4v) is 3.67. The zero-order valence-corrected chi connectivity index (χ0v) is 14.7. The van der Waals surface area contributed by atoms with E-state index in [4.69, 9.17) is 0 Å². The van der Waals surface area contributed by atoms with Gasteiger partial charge < -0.3 is 10.2 Å². The number of thioether (sulfide) groups is 1. The molecule has 1 heterocycles. The number of hydrogen-bond acceptors (Lipinski definition) is 6. The van der Waals surface area contributed by atoms with Gasteiger partial charge in [-0.3, -0.25) is 4.79 Å². The molecule has 0 aliphatic heterocycles. The first-order valence-electron chi connectivity index (χ1n) is 7.32. The quantitative estimate of drug-likeness (QED) is 0.676. The van der Waals surface area contributed by atoms with Gasteiger partial charge in [0.2, 0.25) is 11.0 Å². The van der Waals surface area contributed by atoms with Gasteiger partial charge in [-0.05, 0) is 24.3 Å². The zero-order chi connectivity index (χ0) is 16.8. The fourth-order valence-electron chi connectivity index (χ4n) is 1.98. The molecule has 24 heavy (non-hydrogen) atoms. The molecule has 122 valence electrons. The number of hydrogen-bond donors (Lipinski definition) is 1. The molecule has 0 unspecified atom stereocenters. The Morgan fingerprint density at radius 3 is 2.46 bits per heavy atom. The van der Waals surface area contributed by atoms with E-state index in [2.05, 4.69) is 15.5 Å². The molecule has 3 rings (SSSR count). The second-order valence-corrected chi connectivity index (χ2v) is 7.14. The van der Waals surface area contributed by atoms with E-state index in [0.717, 1.165) is 15.7 Å². The van der Waals surface area contributed by atoms with E-state index in [1.54, 1.807) is 11.9 Å². The summed E-state index contributed by atoms with van der Waals surface area (Å²) in [5.41, 5.74) is 1.84. The summed E-state index contributed by atoms with van der Waals surface area (Å²) in [5, 5.41) is 12.1. The van der Waals surface area contributed by atoms with Crippen LogP contribution in [-0.4, -0.2) is 28.9 Å². The predicted octanol–water partition coefficient (Wildman–Crippen LogP) is 4.04. The number of aromatic nitrogens is 2. The number of nitrogens with one attached hydrogen (secondary N) is 1. The summed E-state index contributed by atoms with van der Waals surface area (Å²) >= 11 is 2.83. The predicted molar refractivity (Wildman–Crippen MR) is 100 cm³/mol. The third-order valence-corrected chi connectivity index (χ3v) is 5.23. The van der Waals surface area contributed by atoms with Crippen molar-refractivity contribution in [3.63, 3.8) is 0 Å². The molecule has 7 heteroatoms. The number of rotatable bonds is 6. The molecular weight excluding hydrogens is 340 g/mol. The van der Waals surface area contributed by atoms with E-state index in [9.17, 15) is 4.79 Å². The standard InChI is InChI=1S/C17H16N4OS2/c1-21(14-10-6-3-7-11-14)15(22)12-23-17-20-19-16(24-17)18-13-8-4-2-5-9-13/h2-11H,12H2,1H3,(H,18,19). The van der Waals surface area contributed by atoms with Crippen LogP contribution in [0.1, 0.15) is 0 Å². The van der Waals surface area contributed by atoms with Crippen LogP contribution in [0.3, 0.4) is 0 Å². The van der Waals surface area contributed by atoms with Gasteiger partial charge in [0.25, 0.3) is 0 Å². The van der Waals surface area contributed by atoms with Crippen molar-refractivity contribution in [1.29, 1.82) is 0 Å². The van der Waals surface area contributed by atoms with Crippen LogP contribution in [0.15, 0.2) is 65.0 Å². The molecule has 0 aliphatic carbocycles. The van der Waals surface area contributed by atoms with E-state index in [-0.39, 0.29) is 5.91 Å². The van der Waals surface area contributed by atoms with Crippen molar-refractivity contribution in [3.05, 3.63) is 60.7 Å². The first-order valence-corrected chi connectivity index (χ1v) is 9.12. The molecule has 1 N–H and O–H groups in total. The summed E-state index contributed by atoms with van der Waals surface area (Å²) in [5.74, 6) is 0.352. The molecule has 0 bridgehead atoms. The van der Waals surface area contributed by atoms with E-state index in [1.807, 2.05) is 60.7 Å². The van der Waals surface area contributed by atoms with Gasteiger partial charge in [0, 0.05) is 18.4 Å². The summed E-state index contributed by atoms with van der Waals surface area (Å²) in [6.07, 6.45) is 0. The average molecular weight is 356 g/mol. The van der Waals surface area contributed by atoms with Crippen molar-refractivity contribution in [3.8, 4) is 0 Å². The van der Waals surface area contributed by atoms with Gasteiger partial charge >= 0.3 is 0 Å². The van der Waals surface area contributed by atoms with Crippen LogP contribution in [0.5, 0.6) is 0 Å². The van der Waals surface area contributed by atoms with Gasteiger partial charge in [-0.25, -0.2) is 0 Å². The van der Waals surface area contributed by atoms with Crippen LogP contribution in [0.25, 0.3) is 0 Å². The molecule has 0 fully saturated rings. The smallest absolute Gasteiger partial charge is 0.237 e. The van der Waals surface area contributed by atoms with Gasteiger partial charge in [0.05, 0.1) is 5.75 Å². The highest BCUT2D eigenvalue weighted by Gasteiger charge is 2.13. The molecule has 1 amide bonds. The number of anilines is 3. The SMILES string of the molecule is CN(C(=O)CSc1nnc(Nc2ccccc2)s1)c1ccccc1. The first-order chi connectivity index (χ1) is 11.7. The molecule has 0 atom stereocenters. The minimum absolute atomic E-state index is 0.0268. The van der Waals surface area contributed by atoms with Gasteiger partial charge in [-0.15, -0.1) is 10.2 Å². The van der Waals surface area contributed by atoms with Crippen molar-refractivity contribution in [2.45, 2.75) is 4.34 Å². The molecule has 0 radical (unpaired) electrons.